The van der Waals surface area contributed by atoms with Crippen molar-refractivity contribution in [2.75, 3.05) is 7.11 Å². The van der Waals surface area contributed by atoms with Gasteiger partial charge in [-0.25, -0.2) is 4.79 Å². The summed E-state index contributed by atoms with van der Waals surface area (Å²) >= 11 is 0. The number of carbonyl (C=O) groups excluding carboxylic acids is 2. The second-order valence-corrected chi connectivity index (χ2v) is 8.96. The average molecular weight is 400 g/mol. The van der Waals surface area contributed by atoms with Crippen molar-refractivity contribution in [1.29, 1.82) is 0 Å². The molecule has 0 bridgehead atoms. The highest BCUT2D eigenvalue weighted by molar-refractivity contribution is 5.90. The molecule has 0 radical (unpaired) electrons. The number of rotatable bonds is 4. The maximum absolute atomic E-state index is 12.9. The third-order valence-electron chi connectivity index (χ3n) is 5.18. The van der Waals surface area contributed by atoms with Crippen molar-refractivity contribution in [2.24, 2.45) is 0 Å². The smallest absolute Gasteiger partial charge is 0.331 e. The lowest BCUT2D eigenvalue weighted by Gasteiger charge is -2.50. The first-order valence-electron chi connectivity index (χ1n) is 9.66. The van der Waals surface area contributed by atoms with Crippen LogP contribution in [-0.4, -0.2) is 40.7 Å². The fourth-order valence-corrected chi connectivity index (χ4v) is 4.64. The molecule has 7 nitrogen and oxygen atoms in total. The lowest BCUT2D eigenvalue weighted by atomic mass is 9.74. The molecule has 1 fully saturated rings. The lowest BCUT2D eigenvalue weighted by molar-refractivity contribution is -0.197. The number of pyridine rings is 1. The monoisotopic (exact) mass is 400 g/mol. The van der Waals surface area contributed by atoms with Crippen LogP contribution in [0.1, 0.15) is 46.1 Å². The molecule has 29 heavy (non-hydrogen) atoms. The Morgan fingerprint density at radius 1 is 1.14 bits per heavy atom. The Bertz CT molecular complexity index is 990. The van der Waals surface area contributed by atoms with E-state index in [4.69, 9.17) is 9.47 Å². The van der Waals surface area contributed by atoms with Crippen molar-refractivity contribution in [3.8, 4) is 0 Å². The Labute approximate surface area is 169 Å². The van der Waals surface area contributed by atoms with Crippen molar-refractivity contribution in [3.63, 3.8) is 0 Å². The number of methoxy groups -OCH3 is 1. The number of fused-ring (bicyclic) bond motifs is 1. The molecule has 0 atom stereocenters. The predicted molar refractivity (Wildman–Crippen MR) is 110 cm³/mol. The molecule has 1 aliphatic rings. The second-order valence-electron chi connectivity index (χ2n) is 8.96. The van der Waals surface area contributed by atoms with Crippen molar-refractivity contribution >= 4 is 22.8 Å². The van der Waals surface area contributed by atoms with E-state index in [-0.39, 0.29) is 24.7 Å². The zero-order valence-electron chi connectivity index (χ0n) is 17.5. The van der Waals surface area contributed by atoms with Crippen molar-refractivity contribution in [3.05, 3.63) is 46.2 Å². The largest absolute Gasteiger partial charge is 0.467 e. The number of esters is 1. The van der Waals surface area contributed by atoms with Gasteiger partial charge in [-0.2, -0.15) is 0 Å². The minimum absolute atomic E-state index is 0.138. The molecule has 156 valence electrons. The zero-order chi connectivity index (χ0) is 21.4. The molecule has 7 heteroatoms. The standard InChI is InChI=1S/C22H28N2O5/c1-20(2)12-22(19(27)28-5,13-21(3,4)29-20)24-17(25)10-14-11-23-16-9-7-6-8-15(16)18(14)26/h6-9,11H,10,12-13H2,1-5H3,(H,23,26)(H,24,25). The highest BCUT2D eigenvalue weighted by atomic mass is 16.5. The quantitative estimate of drug-likeness (QED) is 0.769. The number of aromatic nitrogens is 1. The van der Waals surface area contributed by atoms with Crippen LogP contribution in [0.3, 0.4) is 0 Å². The molecular formula is C22H28N2O5. The number of carbonyl (C=O) groups is 2. The van der Waals surface area contributed by atoms with Crippen LogP contribution >= 0.6 is 0 Å². The Kier molecular flexibility index (Phi) is 5.30. The Morgan fingerprint density at radius 3 is 2.38 bits per heavy atom. The Balaban J connectivity index is 1.89. The number of benzene rings is 1. The van der Waals surface area contributed by atoms with Crippen LogP contribution in [0.15, 0.2) is 35.3 Å². The number of ether oxygens (including phenoxy) is 2. The molecule has 1 aromatic carbocycles. The first-order valence-corrected chi connectivity index (χ1v) is 9.66. The number of H-pyrrole nitrogens is 1. The van der Waals surface area contributed by atoms with Gasteiger partial charge in [0.2, 0.25) is 5.91 Å². The van der Waals surface area contributed by atoms with E-state index in [0.29, 0.717) is 16.5 Å². The van der Waals surface area contributed by atoms with Gasteiger partial charge in [0.05, 0.1) is 24.7 Å². The van der Waals surface area contributed by atoms with Crippen molar-refractivity contribution in [2.45, 2.75) is 63.7 Å². The molecule has 2 heterocycles. The van der Waals surface area contributed by atoms with Gasteiger partial charge in [0.15, 0.2) is 5.43 Å². The van der Waals surface area contributed by atoms with Crippen LogP contribution in [0, 0.1) is 0 Å². The van der Waals surface area contributed by atoms with Gasteiger partial charge in [-0.05, 0) is 39.8 Å². The topological polar surface area (TPSA) is 97.5 Å². The summed E-state index contributed by atoms with van der Waals surface area (Å²) in [6.45, 7) is 7.52. The van der Waals surface area contributed by atoms with E-state index >= 15 is 0 Å². The van der Waals surface area contributed by atoms with Crippen LogP contribution in [-0.2, 0) is 25.5 Å². The summed E-state index contributed by atoms with van der Waals surface area (Å²) in [7, 11) is 1.31. The summed E-state index contributed by atoms with van der Waals surface area (Å²) < 4.78 is 11.1. The zero-order valence-corrected chi connectivity index (χ0v) is 17.5. The molecule has 1 aromatic heterocycles. The summed E-state index contributed by atoms with van der Waals surface area (Å²) in [5.74, 6) is -0.924. The average Bonchev–Trinajstić information content (AvgIpc) is 2.60. The molecule has 0 aliphatic carbocycles. The fraction of sp³-hybridized carbons (Fsp3) is 0.500. The molecular weight excluding hydrogens is 372 g/mol. The summed E-state index contributed by atoms with van der Waals surface area (Å²) in [5, 5.41) is 3.39. The maximum atomic E-state index is 12.9. The minimum Gasteiger partial charge on any atom is -0.467 e. The van der Waals surface area contributed by atoms with Crippen LogP contribution < -0.4 is 10.7 Å². The normalized spacial score (nSPS) is 19.5. The molecule has 3 rings (SSSR count). The first-order chi connectivity index (χ1) is 13.5. The Hall–Kier alpha value is -2.67. The van der Waals surface area contributed by atoms with Gasteiger partial charge in [0, 0.05) is 35.5 Å². The molecule has 2 N–H and O–H groups in total. The van der Waals surface area contributed by atoms with Crippen molar-refractivity contribution in [1.82, 2.24) is 10.3 Å². The van der Waals surface area contributed by atoms with E-state index in [9.17, 15) is 14.4 Å². The number of hydrogen-bond acceptors (Lipinski definition) is 5. The van der Waals surface area contributed by atoms with Gasteiger partial charge in [0.1, 0.15) is 5.54 Å². The van der Waals surface area contributed by atoms with E-state index < -0.39 is 28.6 Å². The molecule has 0 saturated carbocycles. The van der Waals surface area contributed by atoms with Gasteiger partial charge in [-0.1, -0.05) is 12.1 Å². The Morgan fingerprint density at radius 2 is 1.76 bits per heavy atom. The number of amides is 1. The third-order valence-corrected chi connectivity index (χ3v) is 5.18. The molecule has 0 spiro atoms. The predicted octanol–water partition coefficient (Wildman–Crippen LogP) is 2.47. The maximum Gasteiger partial charge on any atom is 0.331 e. The van der Waals surface area contributed by atoms with Gasteiger partial charge in [-0.3, -0.25) is 9.59 Å². The summed E-state index contributed by atoms with van der Waals surface area (Å²) in [6.07, 6.45) is 1.96. The van der Waals surface area contributed by atoms with E-state index in [2.05, 4.69) is 10.3 Å². The minimum atomic E-state index is -1.22. The van der Waals surface area contributed by atoms with Crippen molar-refractivity contribution < 1.29 is 19.1 Å². The van der Waals surface area contributed by atoms with Gasteiger partial charge >= 0.3 is 5.97 Å². The number of aromatic amines is 1. The second kappa shape index (κ2) is 7.30. The van der Waals surface area contributed by atoms with E-state index in [1.54, 1.807) is 24.4 Å². The molecule has 0 unspecified atom stereocenters. The third kappa shape index (κ3) is 4.34. The molecule has 1 amide bonds. The summed E-state index contributed by atoms with van der Waals surface area (Å²) in [6, 6.07) is 7.13. The van der Waals surface area contributed by atoms with Crippen LogP contribution in [0.2, 0.25) is 0 Å². The SMILES string of the molecule is COC(=O)C1(NC(=O)Cc2c[nH]c3ccccc3c2=O)CC(C)(C)OC(C)(C)C1. The first kappa shape index (κ1) is 21.0. The van der Waals surface area contributed by atoms with Gasteiger partial charge < -0.3 is 19.8 Å². The van der Waals surface area contributed by atoms with Gasteiger partial charge in [0.25, 0.3) is 0 Å². The fourth-order valence-electron chi connectivity index (χ4n) is 4.64. The molecule has 1 saturated heterocycles. The summed E-state index contributed by atoms with van der Waals surface area (Å²) in [5.41, 5.74) is -1.64. The number of nitrogens with one attached hydrogen (secondary N) is 2. The van der Waals surface area contributed by atoms with Crippen LogP contribution in [0.5, 0.6) is 0 Å². The van der Waals surface area contributed by atoms with Gasteiger partial charge in [-0.15, -0.1) is 0 Å². The number of para-hydroxylation sites is 1. The highest BCUT2D eigenvalue weighted by Gasteiger charge is 2.54. The molecule has 1 aliphatic heterocycles. The highest BCUT2D eigenvalue weighted by Crippen LogP contribution is 2.41. The van der Waals surface area contributed by atoms with E-state index in [0.717, 1.165) is 0 Å². The van der Waals surface area contributed by atoms with Crippen LogP contribution in [0.25, 0.3) is 10.9 Å². The van der Waals surface area contributed by atoms with Crippen LogP contribution in [0.4, 0.5) is 0 Å². The van der Waals surface area contributed by atoms with E-state index in [1.165, 1.54) is 7.11 Å². The summed E-state index contributed by atoms with van der Waals surface area (Å²) in [4.78, 5) is 41.4. The molecule has 2 aromatic rings. The lowest BCUT2D eigenvalue weighted by Crippen LogP contribution is -2.65. The van der Waals surface area contributed by atoms with E-state index in [1.807, 2.05) is 33.8 Å². The number of hydrogen-bond donors (Lipinski definition) is 2.